The van der Waals surface area contributed by atoms with Crippen molar-refractivity contribution in [2.45, 2.75) is 65.5 Å². The van der Waals surface area contributed by atoms with Gasteiger partial charge in [0.15, 0.2) is 5.92 Å². The van der Waals surface area contributed by atoms with Crippen molar-refractivity contribution in [2.24, 2.45) is 5.92 Å². The van der Waals surface area contributed by atoms with Crippen LogP contribution in [0.1, 0.15) is 48.0 Å². The molecular formula is C13H25BO4. The maximum absolute atomic E-state index is 12.0. The van der Waals surface area contributed by atoms with Gasteiger partial charge in [0.05, 0.1) is 0 Å². The minimum Gasteiger partial charge on any atom is -0.459 e. The van der Waals surface area contributed by atoms with E-state index < -0.39 is 29.1 Å². The van der Waals surface area contributed by atoms with Gasteiger partial charge in [0.25, 0.3) is 0 Å². The molecule has 0 atom stereocenters. The number of ether oxygens (including phenoxy) is 2. The van der Waals surface area contributed by atoms with E-state index in [2.05, 4.69) is 0 Å². The summed E-state index contributed by atoms with van der Waals surface area (Å²) < 4.78 is 10.5. The highest BCUT2D eigenvalue weighted by Gasteiger charge is 2.33. The molecule has 0 unspecified atom stereocenters. The van der Waals surface area contributed by atoms with E-state index >= 15 is 0 Å². The van der Waals surface area contributed by atoms with Gasteiger partial charge < -0.3 is 9.47 Å². The molecule has 0 saturated carbocycles. The zero-order chi connectivity index (χ0) is 14.6. The van der Waals surface area contributed by atoms with Crippen LogP contribution in [0.25, 0.3) is 0 Å². The quantitative estimate of drug-likeness (QED) is 0.436. The monoisotopic (exact) mass is 256 g/mol. The second-order valence-corrected chi connectivity index (χ2v) is 6.41. The van der Waals surface area contributed by atoms with Gasteiger partial charge in [-0.1, -0.05) is 6.32 Å². The SMILES string of the molecule is BCCC(C(=O)OC(C)(C)C)C(=O)OC(C)(C)C. The van der Waals surface area contributed by atoms with Crippen LogP contribution in [0.15, 0.2) is 0 Å². The molecule has 0 aromatic carbocycles. The molecule has 104 valence electrons. The van der Waals surface area contributed by atoms with Gasteiger partial charge in [0, 0.05) is 0 Å². The number of hydrogen-bond donors (Lipinski definition) is 0. The van der Waals surface area contributed by atoms with Crippen LogP contribution < -0.4 is 0 Å². The molecule has 18 heavy (non-hydrogen) atoms. The Bertz CT molecular complexity index is 271. The molecular weight excluding hydrogens is 231 g/mol. The molecule has 0 spiro atoms. The average Bonchev–Trinajstić information content (AvgIpc) is 2.07. The molecule has 4 nitrogen and oxygen atoms in total. The molecule has 0 radical (unpaired) electrons. The van der Waals surface area contributed by atoms with Gasteiger partial charge in [-0.25, -0.2) is 0 Å². The third-order valence-electron chi connectivity index (χ3n) is 1.96. The lowest BCUT2D eigenvalue weighted by Gasteiger charge is -2.26. The summed E-state index contributed by atoms with van der Waals surface area (Å²) in [6.45, 7) is 10.7. The Labute approximate surface area is 111 Å². The lowest BCUT2D eigenvalue weighted by atomic mass is 9.93. The van der Waals surface area contributed by atoms with Crippen molar-refractivity contribution in [1.29, 1.82) is 0 Å². The minimum atomic E-state index is -0.826. The van der Waals surface area contributed by atoms with E-state index in [1.165, 1.54) is 0 Å². The van der Waals surface area contributed by atoms with Gasteiger partial charge in [-0.05, 0) is 48.0 Å². The first-order chi connectivity index (χ1) is 7.96. The van der Waals surface area contributed by atoms with Gasteiger partial charge in [-0.3, -0.25) is 9.59 Å². The van der Waals surface area contributed by atoms with Crippen molar-refractivity contribution in [3.8, 4) is 0 Å². The third-order valence-corrected chi connectivity index (χ3v) is 1.96. The fraction of sp³-hybridized carbons (Fsp3) is 0.846. The molecule has 0 rings (SSSR count). The number of hydrogen-bond acceptors (Lipinski definition) is 4. The summed E-state index contributed by atoms with van der Waals surface area (Å²) in [7, 11) is 1.92. The molecule has 0 aliphatic carbocycles. The molecule has 0 amide bonds. The Balaban J connectivity index is 4.75. The number of esters is 2. The highest BCUT2D eigenvalue weighted by Crippen LogP contribution is 2.19. The van der Waals surface area contributed by atoms with Crippen molar-refractivity contribution < 1.29 is 19.1 Å². The summed E-state index contributed by atoms with van der Waals surface area (Å²) in [5.74, 6) is -1.83. The van der Waals surface area contributed by atoms with Crippen LogP contribution >= 0.6 is 0 Å². The number of rotatable bonds is 4. The molecule has 0 saturated heterocycles. The second-order valence-electron chi connectivity index (χ2n) is 6.41. The van der Waals surface area contributed by atoms with E-state index in [9.17, 15) is 9.59 Å². The third kappa shape index (κ3) is 7.35. The molecule has 0 fully saturated rings. The Morgan fingerprint density at radius 2 is 1.28 bits per heavy atom. The van der Waals surface area contributed by atoms with Crippen LogP contribution in [0.4, 0.5) is 0 Å². The van der Waals surface area contributed by atoms with E-state index in [1.54, 1.807) is 41.5 Å². The summed E-state index contributed by atoms with van der Waals surface area (Å²) >= 11 is 0. The van der Waals surface area contributed by atoms with Crippen molar-refractivity contribution in [3.05, 3.63) is 0 Å². The maximum Gasteiger partial charge on any atom is 0.320 e. The standard InChI is InChI=1S/C13H25BO4/c1-12(2,3)17-10(15)9(7-8-14)11(16)18-13(4,5)6/h9H,7-8,14H2,1-6H3. The Morgan fingerprint density at radius 3 is 1.50 bits per heavy atom. The first-order valence-corrected chi connectivity index (χ1v) is 6.42. The van der Waals surface area contributed by atoms with E-state index in [-0.39, 0.29) is 0 Å². The van der Waals surface area contributed by atoms with Crippen molar-refractivity contribution in [1.82, 2.24) is 0 Å². The fourth-order valence-electron chi connectivity index (χ4n) is 1.37. The zero-order valence-electron chi connectivity index (χ0n) is 12.6. The second kappa shape index (κ2) is 6.25. The average molecular weight is 256 g/mol. The normalized spacial score (nSPS) is 12.4. The summed E-state index contributed by atoms with van der Waals surface area (Å²) in [5, 5.41) is 0. The summed E-state index contributed by atoms with van der Waals surface area (Å²) in [6, 6.07) is 0. The van der Waals surface area contributed by atoms with Crippen LogP contribution in [0.2, 0.25) is 6.32 Å². The Kier molecular flexibility index (Phi) is 5.91. The maximum atomic E-state index is 12.0. The fourth-order valence-corrected chi connectivity index (χ4v) is 1.37. The van der Waals surface area contributed by atoms with E-state index in [4.69, 9.17) is 9.47 Å². The largest absolute Gasteiger partial charge is 0.459 e. The first-order valence-electron chi connectivity index (χ1n) is 6.42. The lowest BCUT2D eigenvalue weighted by Crippen LogP contribution is -2.36. The molecule has 0 N–H and O–H groups in total. The topological polar surface area (TPSA) is 52.6 Å². The van der Waals surface area contributed by atoms with Gasteiger partial charge in [0.1, 0.15) is 19.0 Å². The van der Waals surface area contributed by atoms with Gasteiger partial charge in [-0.15, -0.1) is 0 Å². The van der Waals surface area contributed by atoms with E-state index in [0.717, 1.165) is 6.32 Å². The molecule has 0 heterocycles. The Hall–Kier alpha value is -0.995. The van der Waals surface area contributed by atoms with Gasteiger partial charge in [0.2, 0.25) is 0 Å². The zero-order valence-corrected chi connectivity index (χ0v) is 12.6. The number of carbonyl (C=O) groups excluding carboxylic acids is 2. The van der Waals surface area contributed by atoms with Crippen LogP contribution in [0, 0.1) is 5.92 Å². The minimum absolute atomic E-state index is 0.448. The number of carbonyl (C=O) groups is 2. The molecule has 0 aliphatic heterocycles. The predicted octanol–water partition coefficient (Wildman–Crippen LogP) is 1.73. The highest BCUT2D eigenvalue weighted by molar-refractivity contribution is 6.09. The van der Waals surface area contributed by atoms with Gasteiger partial charge >= 0.3 is 11.9 Å². The molecule has 0 aromatic rings. The molecule has 0 aromatic heterocycles. The summed E-state index contributed by atoms with van der Waals surface area (Å²) in [4.78, 5) is 23.9. The summed E-state index contributed by atoms with van der Waals surface area (Å²) in [5.41, 5.74) is -1.18. The van der Waals surface area contributed by atoms with Crippen LogP contribution in [0.3, 0.4) is 0 Å². The van der Waals surface area contributed by atoms with Crippen molar-refractivity contribution in [3.63, 3.8) is 0 Å². The van der Waals surface area contributed by atoms with Gasteiger partial charge in [-0.2, -0.15) is 0 Å². The highest BCUT2D eigenvalue weighted by atomic mass is 16.6. The summed E-state index contributed by atoms with van der Waals surface area (Å²) in [6.07, 6.45) is 1.17. The van der Waals surface area contributed by atoms with E-state index in [1.807, 2.05) is 7.85 Å². The molecule has 0 aliphatic rings. The first kappa shape index (κ1) is 17.0. The molecule has 0 bridgehead atoms. The Morgan fingerprint density at radius 1 is 0.944 bits per heavy atom. The smallest absolute Gasteiger partial charge is 0.320 e. The van der Waals surface area contributed by atoms with Crippen molar-refractivity contribution >= 4 is 19.8 Å². The van der Waals surface area contributed by atoms with Crippen LogP contribution in [0.5, 0.6) is 0 Å². The molecule has 5 heteroatoms. The lowest BCUT2D eigenvalue weighted by molar-refractivity contribution is -0.174. The van der Waals surface area contributed by atoms with Crippen molar-refractivity contribution in [2.75, 3.05) is 0 Å². The van der Waals surface area contributed by atoms with E-state index in [0.29, 0.717) is 6.42 Å². The van der Waals surface area contributed by atoms with Crippen LogP contribution in [-0.2, 0) is 19.1 Å². The van der Waals surface area contributed by atoms with Crippen LogP contribution in [-0.4, -0.2) is 31.0 Å². The predicted molar refractivity (Wildman–Crippen MR) is 73.1 cm³/mol.